The molecule has 2 fully saturated rings. The summed E-state index contributed by atoms with van der Waals surface area (Å²) in [7, 11) is 3.17. The van der Waals surface area contributed by atoms with Gasteiger partial charge < -0.3 is 19.7 Å². The zero-order chi connectivity index (χ0) is 20.7. The van der Waals surface area contributed by atoms with Crippen molar-refractivity contribution in [3.8, 4) is 22.1 Å². The molecule has 1 N–H and O–H groups in total. The third-order valence-corrected chi connectivity index (χ3v) is 6.70. The minimum absolute atomic E-state index is 0.205. The van der Waals surface area contributed by atoms with Crippen LogP contribution in [0.25, 0.3) is 20.7 Å². The molecule has 3 aromatic rings. The molecule has 4 heterocycles. The second-order valence-electron chi connectivity index (χ2n) is 7.68. The molecule has 8 nitrogen and oxygen atoms in total. The lowest BCUT2D eigenvalue weighted by molar-refractivity contribution is -0.131. The second-order valence-corrected chi connectivity index (χ2v) is 8.71. The summed E-state index contributed by atoms with van der Waals surface area (Å²) in [4.78, 5) is 29.5. The standard InChI is InChI=1S/C21H23N5O3S/c1-28-16-7-13(9-22-19(16)29-2)17-8-15-18(23-11-24-20(15)30-17)25-14-5-6-26(10-14)21(27)12-3-4-12/h7-9,11-12,14H,3-6,10H2,1-2H3,(H,23,24,25)/t14-/m0/s1. The van der Waals surface area contributed by atoms with Crippen molar-refractivity contribution in [1.82, 2.24) is 19.9 Å². The molecule has 1 saturated carbocycles. The van der Waals surface area contributed by atoms with E-state index in [-0.39, 0.29) is 12.0 Å². The Hall–Kier alpha value is -2.94. The molecule has 1 aliphatic heterocycles. The van der Waals surface area contributed by atoms with Crippen LogP contribution in [0, 0.1) is 5.92 Å². The highest BCUT2D eigenvalue weighted by Gasteiger charge is 2.36. The summed E-state index contributed by atoms with van der Waals surface area (Å²) >= 11 is 1.58. The number of methoxy groups -OCH3 is 2. The number of amides is 1. The lowest BCUT2D eigenvalue weighted by Gasteiger charge is -2.17. The average Bonchev–Trinajstić information content (AvgIpc) is 3.36. The van der Waals surface area contributed by atoms with Gasteiger partial charge in [-0.1, -0.05) is 0 Å². The summed E-state index contributed by atoms with van der Waals surface area (Å²) in [5, 5.41) is 4.51. The van der Waals surface area contributed by atoms with Crippen LogP contribution in [0.2, 0.25) is 0 Å². The molecule has 1 saturated heterocycles. The first kappa shape index (κ1) is 19.0. The molecule has 0 radical (unpaired) electrons. The molecule has 2 aliphatic rings. The topological polar surface area (TPSA) is 89.5 Å². The van der Waals surface area contributed by atoms with Gasteiger partial charge in [-0.25, -0.2) is 15.0 Å². The Bertz CT molecular complexity index is 1100. The Balaban J connectivity index is 1.38. The minimum Gasteiger partial charge on any atom is -0.491 e. The number of rotatable bonds is 6. The van der Waals surface area contributed by atoms with E-state index in [9.17, 15) is 4.79 Å². The molecule has 0 aromatic carbocycles. The van der Waals surface area contributed by atoms with Crippen LogP contribution in [0.4, 0.5) is 5.82 Å². The summed E-state index contributed by atoms with van der Waals surface area (Å²) in [5.41, 5.74) is 0.934. The fourth-order valence-corrected chi connectivity index (χ4v) is 4.82. The molecule has 5 rings (SSSR count). The van der Waals surface area contributed by atoms with Crippen LogP contribution in [0.15, 0.2) is 24.7 Å². The fraction of sp³-hybridized carbons (Fsp3) is 0.429. The number of ether oxygens (including phenoxy) is 2. The number of fused-ring (bicyclic) bond motifs is 1. The predicted molar refractivity (Wildman–Crippen MR) is 115 cm³/mol. The first-order chi connectivity index (χ1) is 14.7. The Morgan fingerprint density at radius 1 is 1.17 bits per heavy atom. The molecule has 30 heavy (non-hydrogen) atoms. The molecule has 1 amide bonds. The van der Waals surface area contributed by atoms with Gasteiger partial charge in [0.15, 0.2) is 5.75 Å². The number of pyridine rings is 1. The molecule has 1 aliphatic carbocycles. The Labute approximate surface area is 178 Å². The summed E-state index contributed by atoms with van der Waals surface area (Å²) in [6.45, 7) is 1.55. The number of nitrogens with one attached hydrogen (secondary N) is 1. The summed E-state index contributed by atoms with van der Waals surface area (Å²) in [6, 6.07) is 4.19. The highest BCUT2D eigenvalue weighted by molar-refractivity contribution is 7.21. The van der Waals surface area contributed by atoms with E-state index in [0.29, 0.717) is 17.5 Å². The quantitative estimate of drug-likeness (QED) is 0.649. The predicted octanol–water partition coefficient (Wildman–Crippen LogP) is 3.19. The molecular formula is C21H23N5O3S. The van der Waals surface area contributed by atoms with E-state index in [2.05, 4.69) is 26.3 Å². The van der Waals surface area contributed by atoms with Crippen molar-refractivity contribution in [1.29, 1.82) is 0 Å². The first-order valence-electron chi connectivity index (χ1n) is 10.0. The first-order valence-corrected chi connectivity index (χ1v) is 10.9. The van der Waals surface area contributed by atoms with Gasteiger partial charge in [0.2, 0.25) is 5.91 Å². The molecule has 0 bridgehead atoms. The van der Waals surface area contributed by atoms with E-state index >= 15 is 0 Å². The summed E-state index contributed by atoms with van der Waals surface area (Å²) in [5.74, 6) is 2.43. The SMILES string of the molecule is COc1cc(-c2cc3c(N[C@H]4CCN(C(=O)C5CC5)C4)ncnc3s2)cnc1OC. The van der Waals surface area contributed by atoms with Gasteiger partial charge in [-0.05, 0) is 31.4 Å². The average molecular weight is 426 g/mol. The zero-order valence-electron chi connectivity index (χ0n) is 16.9. The summed E-state index contributed by atoms with van der Waals surface area (Å²) < 4.78 is 10.6. The lowest BCUT2D eigenvalue weighted by Crippen LogP contribution is -2.32. The Morgan fingerprint density at radius 3 is 2.80 bits per heavy atom. The maximum Gasteiger partial charge on any atom is 0.256 e. The molecule has 1 atom stereocenters. The van der Waals surface area contributed by atoms with Crippen molar-refractivity contribution in [2.24, 2.45) is 5.92 Å². The number of likely N-dealkylation sites (tertiary alicyclic amines) is 1. The van der Waals surface area contributed by atoms with E-state index < -0.39 is 0 Å². The normalized spacial score (nSPS) is 18.6. The molecule has 0 spiro atoms. The van der Waals surface area contributed by atoms with E-state index in [4.69, 9.17) is 9.47 Å². The largest absolute Gasteiger partial charge is 0.491 e. The van der Waals surface area contributed by atoms with E-state index in [1.165, 1.54) is 0 Å². The van der Waals surface area contributed by atoms with E-state index in [0.717, 1.165) is 58.8 Å². The van der Waals surface area contributed by atoms with Crippen LogP contribution in [0.1, 0.15) is 19.3 Å². The number of carbonyl (C=O) groups is 1. The number of nitrogens with zero attached hydrogens (tertiary/aromatic N) is 4. The van der Waals surface area contributed by atoms with Crippen LogP contribution in [0.3, 0.4) is 0 Å². The van der Waals surface area contributed by atoms with Crippen molar-refractivity contribution in [3.05, 3.63) is 24.7 Å². The van der Waals surface area contributed by atoms with Gasteiger partial charge in [-0.2, -0.15) is 0 Å². The Kier molecular flexibility index (Phi) is 4.90. The van der Waals surface area contributed by atoms with Gasteiger partial charge in [-0.3, -0.25) is 4.79 Å². The highest BCUT2D eigenvalue weighted by atomic mass is 32.1. The van der Waals surface area contributed by atoms with Gasteiger partial charge in [-0.15, -0.1) is 11.3 Å². The molecule has 0 unspecified atom stereocenters. The van der Waals surface area contributed by atoms with Crippen LogP contribution in [-0.2, 0) is 4.79 Å². The van der Waals surface area contributed by atoms with Crippen molar-refractivity contribution < 1.29 is 14.3 Å². The van der Waals surface area contributed by atoms with Gasteiger partial charge in [0, 0.05) is 41.7 Å². The van der Waals surface area contributed by atoms with Gasteiger partial charge >= 0.3 is 0 Å². The van der Waals surface area contributed by atoms with Gasteiger partial charge in [0.25, 0.3) is 5.88 Å². The minimum atomic E-state index is 0.205. The molecule has 3 aromatic heterocycles. The van der Waals surface area contributed by atoms with Crippen molar-refractivity contribution >= 4 is 33.3 Å². The highest BCUT2D eigenvalue weighted by Crippen LogP contribution is 2.38. The van der Waals surface area contributed by atoms with Crippen LogP contribution < -0.4 is 14.8 Å². The van der Waals surface area contributed by atoms with Gasteiger partial charge in [0.1, 0.15) is 17.0 Å². The smallest absolute Gasteiger partial charge is 0.256 e. The molecular weight excluding hydrogens is 402 g/mol. The van der Waals surface area contributed by atoms with Crippen LogP contribution in [0.5, 0.6) is 11.6 Å². The monoisotopic (exact) mass is 425 g/mol. The number of hydrogen-bond donors (Lipinski definition) is 1. The zero-order valence-corrected chi connectivity index (χ0v) is 17.7. The summed E-state index contributed by atoms with van der Waals surface area (Å²) in [6.07, 6.45) is 6.37. The van der Waals surface area contributed by atoms with E-state index in [1.807, 2.05) is 11.0 Å². The van der Waals surface area contributed by atoms with Gasteiger partial charge in [0.05, 0.1) is 19.6 Å². The van der Waals surface area contributed by atoms with Crippen LogP contribution >= 0.6 is 11.3 Å². The van der Waals surface area contributed by atoms with Crippen molar-refractivity contribution in [2.75, 3.05) is 32.6 Å². The third-order valence-electron chi connectivity index (χ3n) is 5.61. The van der Waals surface area contributed by atoms with Crippen molar-refractivity contribution in [2.45, 2.75) is 25.3 Å². The maximum absolute atomic E-state index is 12.3. The maximum atomic E-state index is 12.3. The van der Waals surface area contributed by atoms with Crippen LogP contribution in [-0.4, -0.2) is 59.1 Å². The van der Waals surface area contributed by atoms with Crippen molar-refractivity contribution in [3.63, 3.8) is 0 Å². The number of aromatic nitrogens is 3. The Morgan fingerprint density at radius 2 is 2.03 bits per heavy atom. The lowest BCUT2D eigenvalue weighted by atomic mass is 10.2. The number of carbonyl (C=O) groups excluding carboxylic acids is 1. The third kappa shape index (κ3) is 3.54. The second kappa shape index (κ2) is 7.71. The fourth-order valence-electron chi connectivity index (χ4n) is 3.84. The van der Waals surface area contributed by atoms with E-state index in [1.54, 1.807) is 38.1 Å². The number of hydrogen-bond acceptors (Lipinski definition) is 8. The molecule has 9 heteroatoms. The number of anilines is 1. The molecule has 156 valence electrons. The number of thiophene rings is 1.